The first-order chi connectivity index (χ1) is 12.5. The minimum Gasteiger partial charge on any atom is -0.465 e. The molecule has 0 amide bonds. The van der Waals surface area contributed by atoms with Gasteiger partial charge in [-0.15, -0.1) is 0 Å². The summed E-state index contributed by atoms with van der Waals surface area (Å²) in [5.74, 6) is 0.0661. The second-order valence-corrected chi connectivity index (χ2v) is 6.47. The second-order valence-electron chi connectivity index (χ2n) is 6.03. The van der Waals surface area contributed by atoms with E-state index in [1.165, 1.54) is 7.11 Å². The van der Waals surface area contributed by atoms with Gasteiger partial charge < -0.3 is 9.72 Å². The van der Waals surface area contributed by atoms with Gasteiger partial charge in [0.2, 0.25) is 0 Å². The fourth-order valence-corrected chi connectivity index (χ4v) is 2.85. The summed E-state index contributed by atoms with van der Waals surface area (Å²) in [5, 5.41) is 1.13. The number of fused-ring (bicyclic) bond motifs is 1. The van der Waals surface area contributed by atoms with Crippen LogP contribution in [-0.4, -0.2) is 35.0 Å². The van der Waals surface area contributed by atoms with Gasteiger partial charge in [-0.25, -0.2) is 9.78 Å². The van der Waals surface area contributed by atoms with Crippen molar-refractivity contribution in [2.45, 2.75) is 13.1 Å². The molecule has 0 saturated heterocycles. The van der Waals surface area contributed by atoms with Crippen LogP contribution in [0.1, 0.15) is 21.7 Å². The zero-order chi connectivity index (χ0) is 18.7. The monoisotopic (exact) mass is 371 g/mol. The molecule has 3 aromatic rings. The standard InChI is InChI=1S/C19H18ClN3O3/c1-23(10-12-3-6-14(20)7-4-12)11-17-21-16-9-13(19(25)26-2)5-8-15(16)18(24)22-17/h3-9H,10-11H2,1-2H3,(H,21,22,24). The Bertz CT molecular complexity index is 999. The number of nitrogens with zero attached hydrogens (tertiary/aromatic N) is 2. The van der Waals surface area contributed by atoms with E-state index < -0.39 is 5.97 Å². The van der Waals surface area contributed by atoms with E-state index in [2.05, 4.69) is 9.97 Å². The number of rotatable bonds is 5. The molecule has 2 aromatic carbocycles. The Morgan fingerprint density at radius 3 is 2.62 bits per heavy atom. The summed E-state index contributed by atoms with van der Waals surface area (Å²) in [7, 11) is 3.25. The van der Waals surface area contributed by atoms with Crippen LogP contribution in [0.25, 0.3) is 10.9 Å². The fourth-order valence-electron chi connectivity index (χ4n) is 2.72. The summed E-state index contributed by atoms with van der Waals surface area (Å²) in [6, 6.07) is 12.3. The number of carbonyl (C=O) groups excluding carboxylic acids is 1. The van der Waals surface area contributed by atoms with Gasteiger partial charge in [0.25, 0.3) is 5.56 Å². The number of ether oxygens (including phenoxy) is 1. The average molecular weight is 372 g/mol. The normalized spacial score (nSPS) is 11.1. The van der Waals surface area contributed by atoms with Crippen LogP contribution in [0.5, 0.6) is 0 Å². The van der Waals surface area contributed by atoms with Crippen molar-refractivity contribution in [2.24, 2.45) is 0 Å². The first kappa shape index (κ1) is 18.1. The van der Waals surface area contributed by atoms with Gasteiger partial charge in [-0.3, -0.25) is 9.69 Å². The third-order valence-corrected chi connectivity index (χ3v) is 4.21. The van der Waals surface area contributed by atoms with Crippen LogP contribution >= 0.6 is 11.6 Å². The van der Waals surface area contributed by atoms with Crippen molar-refractivity contribution in [1.82, 2.24) is 14.9 Å². The lowest BCUT2D eigenvalue weighted by Gasteiger charge is -2.16. The van der Waals surface area contributed by atoms with E-state index in [1.54, 1.807) is 18.2 Å². The summed E-state index contributed by atoms with van der Waals surface area (Å²) >= 11 is 5.90. The van der Waals surface area contributed by atoms with Crippen molar-refractivity contribution in [3.05, 3.63) is 74.8 Å². The number of H-pyrrole nitrogens is 1. The Balaban J connectivity index is 1.83. The molecule has 3 rings (SSSR count). The van der Waals surface area contributed by atoms with E-state index in [0.29, 0.717) is 40.4 Å². The molecule has 7 heteroatoms. The van der Waals surface area contributed by atoms with E-state index in [0.717, 1.165) is 5.56 Å². The molecule has 0 atom stereocenters. The number of benzene rings is 2. The van der Waals surface area contributed by atoms with Crippen molar-refractivity contribution in [1.29, 1.82) is 0 Å². The minimum absolute atomic E-state index is 0.235. The maximum Gasteiger partial charge on any atom is 0.337 e. The molecular weight excluding hydrogens is 354 g/mol. The molecular formula is C19H18ClN3O3. The van der Waals surface area contributed by atoms with E-state index in [9.17, 15) is 9.59 Å². The summed E-state index contributed by atoms with van der Waals surface area (Å²) in [5.41, 5.74) is 1.69. The predicted octanol–water partition coefficient (Wildman–Crippen LogP) is 3.00. The highest BCUT2D eigenvalue weighted by Crippen LogP contribution is 2.14. The Morgan fingerprint density at radius 1 is 1.19 bits per heavy atom. The molecule has 6 nitrogen and oxygen atoms in total. The van der Waals surface area contributed by atoms with Gasteiger partial charge in [0.1, 0.15) is 5.82 Å². The quantitative estimate of drug-likeness (QED) is 0.698. The van der Waals surface area contributed by atoms with E-state index in [1.807, 2.05) is 36.2 Å². The summed E-state index contributed by atoms with van der Waals surface area (Å²) in [6.07, 6.45) is 0. The fraction of sp³-hybridized carbons (Fsp3) is 0.211. The van der Waals surface area contributed by atoms with Crippen molar-refractivity contribution < 1.29 is 9.53 Å². The molecule has 0 aliphatic rings. The summed E-state index contributed by atoms with van der Waals surface area (Å²) in [6.45, 7) is 1.14. The smallest absolute Gasteiger partial charge is 0.337 e. The number of carbonyl (C=O) groups is 1. The third kappa shape index (κ3) is 4.09. The van der Waals surface area contributed by atoms with Gasteiger partial charge in [-0.1, -0.05) is 23.7 Å². The molecule has 0 saturated carbocycles. The molecule has 1 N–H and O–H groups in total. The van der Waals surface area contributed by atoms with Crippen molar-refractivity contribution in [3.8, 4) is 0 Å². The number of halogens is 1. The molecule has 0 bridgehead atoms. The zero-order valence-electron chi connectivity index (χ0n) is 14.5. The van der Waals surface area contributed by atoms with E-state index in [-0.39, 0.29) is 5.56 Å². The van der Waals surface area contributed by atoms with Crippen LogP contribution in [0.2, 0.25) is 5.02 Å². The SMILES string of the molecule is COC(=O)c1ccc2c(=O)[nH]c(CN(C)Cc3ccc(Cl)cc3)nc2c1. The molecule has 1 aromatic heterocycles. The van der Waals surface area contributed by atoms with E-state index in [4.69, 9.17) is 16.3 Å². The topological polar surface area (TPSA) is 75.3 Å². The van der Waals surface area contributed by atoms with Gasteiger partial charge >= 0.3 is 5.97 Å². The molecule has 0 aliphatic heterocycles. The van der Waals surface area contributed by atoms with Crippen molar-refractivity contribution in [2.75, 3.05) is 14.2 Å². The third-order valence-electron chi connectivity index (χ3n) is 3.96. The average Bonchev–Trinajstić information content (AvgIpc) is 2.62. The van der Waals surface area contributed by atoms with Crippen LogP contribution in [0.3, 0.4) is 0 Å². The number of methoxy groups -OCH3 is 1. The number of aromatic amines is 1. The number of hydrogen-bond donors (Lipinski definition) is 1. The van der Waals surface area contributed by atoms with E-state index >= 15 is 0 Å². The Hall–Kier alpha value is -2.70. The largest absolute Gasteiger partial charge is 0.465 e. The zero-order valence-corrected chi connectivity index (χ0v) is 15.2. The number of hydrogen-bond acceptors (Lipinski definition) is 5. The first-order valence-electron chi connectivity index (χ1n) is 8.00. The first-order valence-corrected chi connectivity index (χ1v) is 8.38. The Morgan fingerprint density at radius 2 is 1.92 bits per heavy atom. The van der Waals surface area contributed by atoms with Crippen LogP contribution in [0, 0.1) is 0 Å². The van der Waals surface area contributed by atoms with Gasteiger partial charge in [0.15, 0.2) is 0 Å². The van der Waals surface area contributed by atoms with Crippen LogP contribution in [0.15, 0.2) is 47.3 Å². The molecule has 0 unspecified atom stereocenters. The van der Waals surface area contributed by atoms with Crippen LogP contribution in [0.4, 0.5) is 0 Å². The number of nitrogens with one attached hydrogen (secondary N) is 1. The Labute approximate surface area is 155 Å². The highest BCUT2D eigenvalue weighted by molar-refractivity contribution is 6.30. The highest BCUT2D eigenvalue weighted by atomic mass is 35.5. The molecule has 0 radical (unpaired) electrons. The lowest BCUT2D eigenvalue weighted by Crippen LogP contribution is -2.22. The van der Waals surface area contributed by atoms with Crippen LogP contribution in [-0.2, 0) is 17.8 Å². The van der Waals surface area contributed by atoms with Gasteiger partial charge in [0.05, 0.1) is 30.1 Å². The van der Waals surface area contributed by atoms with Gasteiger partial charge in [0, 0.05) is 11.6 Å². The molecule has 0 aliphatic carbocycles. The molecule has 0 spiro atoms. The summed E-state index contributed by atoms with van der Waals surface area (Å²) < 4.78 is 4.71. The number of aromatic nitrogens is 2. The summed E-state index contributed by atoms with van der Waals surface area (Å²) in [4.78, 5) is 33.3. The maximum atomic E-state index is 12.3. The minimum atomic E-state index is -0.463. The van der Waals surface area contributed by atoms with Crippen molar-refractivity contribution in [3.63, 3.8) is 0 Å². The van der Waals surface area contributed by atoms with Crippen LogP contribution < -0.4 is 5.56 Å². The second kappa shape index (κ2) is 7.68. The molecule has 134 valence electrons. The van der Waals surface area contributed by atoms with Gasteiger partial charge in [-0.05, 0) is 42.9 Å². The predicted molar refractivity (Wildman–Crippen MR) is 100 cm³/mol. The lowest BCUT2D eigenvalue weighted by atomic mass is 10.1. The lowest BCUT2D eigenvalue weighted by molar-refractivity contribution is 0.0601. The highest BCUT2D eigenvalue weighted by Gasteiger charge is 2.11. The molecule has 26 heavy (non-hydrogen) atoms. The number of esters is 1. The molecule has 1 heterocycles. The van der Waals surface area contributed by atoms with Crippen molar-refractivity contribution >= 4 is 28.5 Å². The van der Waals surface area contributed by atoms with Gasteiger partial charge in [-0.2, -0.15) is 0 Å². The molecule has 0 fully saturated rings. The maximum absolute atomic E-state index is 12.3. The Kier molecular flexibility index (Phi) is 5.35.